The quantitative estimate of drug-likeness (QED) is 0.503. The van der Waals surface area contributed by atoms with Gasteiger partial charge in [-0.3, -0.25) is 9.89 Å². The smallest absolute Gasteiger partial charge is 0.273 e. The van der Waals surface area contributed by atoms with Gasteiger partial charge in [0.25, 0.3) is 5.91 Å². The van der Waals surface area contributed by atoms with Crippen molar-refractivity contribution < 1.29 is 19.1 Å². The molecular formula is C24H21N3O4. The molecule has 5 rings (SSSR count). The highest BCUT2D eigenvalue weighted by Crippen LogP contribution is 2.45. The lowest BCUT2D eigenvalue weighted by molar-refractivity contribution is 0.0717. The zero-order valence-corrected chi connectivity index (χ0v) is 17.1. The summed E-state index contributed by atoms with van der Waals surface area (Å²) in [6.45, 7) is 2.25. The lowest BCUT2D eigenvalue weighted by atomic mass is 9.95. The molecule has 0 aliphatic carbocycles. The molecule has 0 bridgehead atoms. The van der Waals surface area contributed by atoms with Crippen LogP contribution in [-0.2, 0) is 6.54 Å². The number of aromatic amines is 1. The fourth-order valence-corrected chi connectivity index (χ4v) is 4.13. The Kier molecular flexibility index (Phi) is 4.51. The summed E-state index contributed by atoms with van der Waals surface area (Å²) in [5, 5.41) is 17.9. The van der Waals surface area contributed by atoms with Crippen LogP contribution in [0.15, 0.2) is 65.3 Å². The summed E-state index contributed by atoms with van der Waals surface area (Å²) in [4.78, 5) is 15.1. The van der Waals surface area contributed by atoms with Crippen LogP contribution in [0.5, 0.6) is 11.5 Å². The summed E-state index contributed by atoms with van der Waals surface area (Å²) >= 11 is 0. The predicted molar refractivity (Wildman–Crippen MR) is 114 cm³/mol. The minimum atomic E-state index is -0.420. The van der Waals surface area contributed by atoms with E-state index < -0.39 is 6.04 Å². The number of fused-ring (bicyclic) bond motifs is 1. The number of H-pyrrole nitrogens is 1. The molecule has 0 saturated heterocycles. The van der Waals surface area contributed by atoms with Gasteiger partial charge in [-0.15, -0.1) is 0 Å². The van der Waals surface area contributed by atoms with Crippen LogP contribution in [0.25, 0.3) is 11.3 Å². The Labute approximate surface area is 178 Å². The molecule has 1 aliphatic rings. The molecule has 0 spiro atoms. The number of amides is 1. The number of aromatic hydroxyl groups is 1. The van der Waals surface area contributed by atoms with Gasteiger partial charge in [-0.25, -0.2) is 0 Å². The maximum Gasteiger partial charge on any atom is 0.273 e. The summed E-state index contributed by atoms with van der Waals surface area (Å²) in [6, 6.07) is 16.2. The number of rotatable bonds is 5. The van der Waals surface area contributed by atoms with Gasteiger partial charge in [-0.2, -0.15) is 5.10 Å². The van der Waals surface area contributed by atoms with Crippen LogP contribution < -0.4 is 4.74 Å². The van der Waals surface area contributed by atoms with Crippen LogP contribution >= 0.6 is 0 Å². The Morgan fingerprint density at radius 2 is 2.06 bits per heavy atom. The highest BCUT2D eigenvalue weighted by Gasteiger charge is 2.43. The first-order valence-electron chi connectivity index (χ1n) is 9.92. The fourth-order valence-electron chi connectivity index (χ4n) is 4.13. The number of ether oxygens (including phenoxy) is 1. The molecule has 1 atom stereocenters. The van der Waals surface area contributed by atoms with Crippen LogP contribution in [-0.4, -0.2) is 33.2 Å². The van der Waals surface area contributed by atoms with Crippen LogP contribution in [0.3, 0.4) is 0 Å². The fraction of sp³-hybridized carbons (Fsp3) is 0.167. The number of nitrogens with zero attached hydrogens (tertiary/aromatic N) is 2. The van der Waals surface area contributed by atoms with Crippen molar-refractivity contribution in [3.63, 3.8) is 0 Å². The van der Waals surface area contributed by atoms with Crippen molar-refractivity contribution in [2.45, 2.75) is 19.5 Å². The van der Waals surface area contributed by atoms with Gasteiger partial charge in [0.2, 0.25) is 0 Å². The largest absolute Gasteiger partial charge is 0.507 e. The third kappa shape index (κ3) is 3.15. The second-order valence-electron chi connectivity index (χ2n) is 7.57. The molecule has 0 unspecified atom stereocenters. The molecule has 156 valence electrons. The first kappa shape index (κ1) is 19.0. The Bertz CT molecular complexity index is 1260. The zero-order valence-electron chi connectivity index (χ0n) is 17.1. The predicted octanol–water partition coefficient (Wildman–Crippen LogP) is 4.44. The van der Waals surface area contributed by atoms with Crippen molar-refractivity contribution in [1.29, 1.82) is 0 Å². The molecule has 7 heteroatoms. The van der Waals surface area contributed by atoms with Crippen LogP contribution in [0.2, 0.25) is 0 Å². The minimum Gasteiger partial charge on any atom is -0.507 e. The lowest BCUT2D eigenvalue weighted by Crippen LogP contribution is -2.29. The van der Waals surface area contributed by atoms with Crippen molar-refractivity contribution in [1.82, 2.24) is 15.1 Å². The molecule has 2 aromatic heterocycles. The van der Waals surface area contributed by atoms with E-state index in [1.165, 1.54) is 0 Å². The summed E-state index contributed by atoms with van der Waals surface area (Å²) in [7, 11) is 1.61. The van der Waals surface area contributed by atoms with E-state index in [1.807, 2.05) is 49.4 Å². The maximum absolute atomic E-state index is 13.4. The standard InChI is InChI=1S/C24H21N3O4/c1-14-8-9-19(28)18(11-14)21-20-22(26-25-21)24(29)27(13-17-7-4-10-31-17)23(20)15-5-3-6-16(12-15)30-2/h3-12,23,28H,13H2,1-2H3,(H,25,26)/t23-/m0/s1. The Morgan fingerprint density at radius 1 is 1.19 bits per heavy atom. The number of hydrogen-bond donors (Lipinski definition) is 2. The number of hydrogen-bond acceptors (Lipinski definition) is 5. The Hall–Kier alpha value is -4.00. The van der Waals surface area contributed by atoms with Gasteiger partial charge in [-0.1, -0.05) is 23.8 Å². The molecule has 2 aromatic carbocycles. The first-order chi connectivity index (χ1) is 15.1. The normalized spacial score (nSPS) is 15.4. The van der Waals surface area contributed by atoms with E-state index in [-0.39, 0.29) is 11.7 Å². The molecule has 3 heterocycles. The Morgan fingerprint density at radius 3 is 2.84 bits per heavy atom. The number of aryl methyl sites for hydroxylation is 1. The number of phenols is 1. The van der Waals surface area contributed by atoms with Crippen molar-refractivity contribution in [3.8, 4) is 22.8 Å². The summed E-state index contributed by atoms with van der Waals surface area (Å²) in [5.74, 6) is 1.31. The molecular weight excluding hydrogens is 394 g/mol. The number of methoxy groups -OCH3 is 1. The van der Waals surface area contributed by atoms with E-state index in [9.17, 15) is 9.90 Å². The molecule has 0 saturated carbocycles. The minimum absolute atomic E-state index is 0.112. The van der Waals surface area contributed by atoms with Crippen molar-refractivity contribution in [2.24, 2.45) is 0 Å². The number of nitrogens with one attached hydrogen (secondary N) is 1. The molecule has 31 heavy (non-hydrogen) atoms. The number of furan rings is 1. The van der Waals surface area contributed by atoms with Gasteiger partial charge in [0, 0.05) is 11.1 Å². The number of carbonyl (C=O) groups is 1. The van der Waals surface area contributed by atoms with E-state index in [1.54, 1.807) is 30.4 Å². The topological polar surface area (TPSA) is 91.6 Å². The van der Waals surface area contributed by atoms with Gasteiger partial charge < -0.3 is 19.2 Å². The molecule has 4 aromatic rings. The SMILES string of the molecule is COc1cccc([C@H]2c3c(-c4cc(C)ccc4O)n[nH]c3C(=O)N2Cc2ccco2)c1. The molecule has 2 N–H and O–H groups in total. The van der Waals surface area contributed by atoms with Crippen molar-refractivity contribution >= 4 is 5.91 Å². The summed E-state index contributed by atoms with van der Waals surface area (Å²) in [6.07, 6.45) is 1.59. The molecule has 7 nitrogen and oxygen atoms in total. The van der Waals surface area contributed by atoms with Gasteiger partial charge >= 0.3 is 0 Å². The molecule has 0 fully saturated rings. The number of carbonyl (C=O) groups excluding carboxylic acids is 1. The molecule has 1 aliphatic heterocycles. The summed E-state index contributed by atoms with van der Waals surface area (Å²) < 4.78 is 10.9. The van der Waals surface area contributed by atoms with Crippen molar-refractivity contribution in [3.05, 3.63) is 89.0 Å². The Balaban J connectivity index is 1.70. The highest BCUT2D eigenvalue weighted by atomic mass is 16.5. The van der Waals surface area contributed by atoms with Crippen LogP contribution in [0.1, 0.15) is 39.0 Å². The average Bonchev–Trinajstić information content (AvgIpc) is 3.50. The third-order valence-corrected chi connectivity index (χ3v) is 5.59. The van der Waals surface area contributed by atoms with Gasteiger partial charge in [0.15, 0.2) is 0 Å². The monoisotopic (exact) mass is 415 g/mol. The lowest BCUT2D eigenvalue weighted by Gasteiger charge is -2.26. The number of benzene rings is 2. The van der Waals surface area contributed by atoms with E-state index in [0.29, 0.717) is 35.0 Å². The van der Waals surface area contributed by atoms with E-state index in [2.05, 4.69) is 10.2 Å². The number of phenolic OH excluding ortho intramolecular Hbond substituents is 1. The molecule has 0 radical (unpaired) electrons. The zero-order chi connectivity index (χ0) is 21.5. The van der Waals surface area contributed by atoms with Gasteiger partial charge in [0.05, 0.1) is 26.0 Å². The second-order valence-corrected chi connectivity index (χ2v) is 7.57. The second kappa shape index (κ2) is 7.36. The average molecular weight is 415 g/mol. The van der Waals surface area contributed by atoms with E-state index >= 15 is 0 Å². The number of aromatic nitrogens is 2. The van der Waals surface area contributed by atoms with Gasteiger partial charge in [0.1, 0.15) is 28.6 Å². The van der Waals surface area contributed by atoms with Crippen LogP contribution in [0, 0.1) is 6.92 Å². The van der Waals surface area contributed by atoms with Gasteiger partial charge in [-0.05, 0) is 48.9 Å². The molecule has 1 amide bonds. The van der Waals surface area contributed by atoms with Crippen LogP contribution in [0.4, 0.5) is 0 Å². The highest BCUT2D eigenvalue weighted by molar-refractivity contribution is 6.00. The van der Waals surface area contributed by atoms with Crippen molar-refractivity contribution in [2.75, 3.05) is 7.11 Å². The first-order valence-corrected chi connectivity index (χ1v) is 9.92. The van der Waals surface area contributed by atoms with E-state index in [4.69, 9.17) is 9.15 Å². The summed E-state index contributed by atoms with van der Waals surface area (Å²) in [5.41, 5.74) is 4.14. The third-order valence-electron chi connectivity index (χ3n) is 5.59. The maximum atomic E-state index is 13.4. The van der Waals surface area contributed by atoms with E-state index in [0.717, 1.165) is 16.7 Å².